The van der Waals surface area contributed by atoms with Gasteiger partial charge >= 0.3 is 40.0 Å². The van der Waals surface area contributed by atoms with E-state index < -0.39 is 10.4 Å². The molecule has 0 fully saturated rings. The van der Waals surface area contributed by atoms with Crippen molar-refractivity contribution in [2.24, 2.45) is 0 Å². The van der Waals surface area contributed by atoms with Crippen LogP contribution < -0.4 is 29.6 Å². The summed E-state index contributed by atoms with van der Waals surface area (Å²) in [5.74, 6) is 0. The largest absolute Gasteiger partial charge is 1.00 e. The molecule has 4 nitrogen and oxygen atoms in total. The van der Waals surface area contributed by atoms with E-state index in [0.717, 1.165) is 32.1 Å². The summed E-state index contributed by atoms with van der Waals surface area (Å²) in [4.78, 5) is 0. The zero-order valence-electron chi connectivity index (χ0n) is 21.6. The Morgan fingerprint density at radius 1 is 0.467 bits per heavy atom. The monoisotopic (exact) mass is 458 g/mol. The van der Waals surface area contributed by atoms with Crippen molar-refractivity contribution in [2.75, 3.05) is 13.2 Å². The van der Waals surface area contributed by atoms with Crippen LogP contribution in [0.15, 0.2) is 0 Å². The Morgan fingerprint density at radius 3 is 0.967 bits per heavy atom. The molecule has 30 heavy (non-hydrogen) atoms. The van der Waals surface area contributed by atoms with Gasteiger partial charge in [-0.05, 0) is 12.8 Å². The SMILES string of the molecule is CCCCCCCCCCCCCCCCOS(=O)(=O)OCCCCCCCC.[H-].[Na+]. The van der Waals surface area contributed by atoms with Crippen LogP contribution in [0, 0.1) is 0 Å². The molecule has 0 aromatic rings. The molecule has 0 heterocycles. The Hall–Kier alpha value is 0.870. The van der Waals surface area contributed by atoms with Gasteiger partial charge in [0.2, 0.25) is 0 Å². The third-order valence-corrected chi connectivity index (χ3v) is 6.36. The van der Waals surface area contributed by atoms with Crippen LogP contribution in [0.1, 0.15) is 144 Å². The minimum absolute atomic E-state index is 0. The zero-order valence-corrected chi connectivity index (χ0v) is 23.4. The van der Waals surface area contributed by atoms with E-state index in [2.05, 4.69) is 13.8 Å². The van der Waals surface area contributed by atoms with Crippen molar-refractivity contribution in [1.29, 1.82) is 0 Å². The van der Waals surface area contributed by atoms with Gasteiger partial charge in [0.05, 0.1) is 13.2 Å². The van der Waals surface area contributed by atoms with Gasteiger partial charge in [-0.1, -0.05) is 129 Å². The quantitative estimate of drug-likeness (QED) is 0.147. The molecule has 6 heteroatoms. The molecule has 0 radical (unpaired) electrons. The normalized spacial score (nSPS) is 11.5. The van der Waals surface area contributed by atoms with Crippen molar-refractivity contribution in [3.8, 4) is 0 Å². The second-order valence-corrected chi connectivity index (χ2v) is 9.70. The topological polar surface area (TPSA) is 52.6 Å². The number of hydrogen-bond acceptors (Lipinski definition) is 4. The van der Waals surface area contributed by atoms with E-state index in [9.17, 15) is 8.42 Å². The van der Waals surface area contributed by atoms with Crippen LogP contribution in [0.3, 0.4) is 0 Å². The van der Waals surface area contributed by atoms with Crippen LogP contribution in [0.4, 0.5) is 0 Å². The molecule has 0 aliphatic heterocycles. The predicted molar refractivity (Wildman–Crippen MR) is 126 cm³/mol. The van der Waals surface area contributed by atoms with Gasteiger partial charge in [-0.2, -0.15) is 8.42 Å². The minimum Gasteiger partial charge on any atom is -1.00 e. The summed E-state index contributed by atoms with van der Waals surface area (Å²) in [5.41, 5.74) is 0. The molecule has 0 amide bonds. The molecule has 0 saturated heterocycles. The Morgan fingerprint density at radius 2 is 0.700 bits per heavy atom. The molecule has 0 aliphatic rings. The summed E-state index contributed by atoms with van der Waals surface area (Å²) in [6.07, 6.45) is 24.6. The minimum atomic E-state index is -3.80. The molecule has 0 rings (SSSR count). The molecule has 0 bridgehead atoms. The van der Waals surface area contributed by atoms with Crippen LogP contribution in [-0.4, -0.2) is 21.6 Å². The maximum atomic E-state index is 11.7. The van der Waals surface area contributed by atoms with E-state index in [4.69, 9.17) is 8.37 Å². The third kappa shape index (κ3) is 26.9. The standard InChI is InChI=1S/C24H50O4S.Na.H/c1-3-5-7-9-11-12-13-14-15-16-17-18-20-22-24-28-29(25,26)27-23-21-19-10-8-6-4-2;;/h3-24H2,1-2H3;;/q;+1;-1. The van der Waals surface area contributed by atoms with Gasteiger partial charge in [-0.25, -0.2) is 8.37 Å². The van der Waals surface area contributed by atoms with E-state index in [0.29, 0.717) is 0 Å². The first-order chi connectivity index (χ1) is 14.1. The van der Waals surface area contributed by atoms with Gasteiger partial charge in [0, 0.05) is 0 Å². The van der Waals surface area contributed by atoms with Gasteiger partial charge in [0.15, 0.2) is 0 Å². The van der Waals surface area contributed by atoms with E-state index in [1.54, 1.807) is 0 Å². The Bertz CT molecular complexity index is 422. The van der Waals surface area contributed by atoms with Crippen molar-refractivity contribution in [2.45, 2.75) is 142 Å². The van der Waals surface area contributed by atoms with Gasteiger partial charge in [-0.3, -0.25) is 0 Å². The van der Waals surface area contributed by atoms with Gasteiger partial charge < -0.3 is 1.43 Å². The van der Waals surface area contributed by atoms with Crippen LogP contribution in [-0.2, 0) is 18.8 Å². The molecule has 0 atom stereocenters. The molecule has 0 aromatic carbocycles. The fourth-order valence-electron chi connectivity index (χ4n) is 3.53. The van der Waals surface area contributed by atoms with Crippen molar-refractivity contribution in [3.05, 3.63) is 0 Å². The molecule has 0 N–H and O–H groups in total. The van der Waals surface area contributed by atoms with Gasteiger partial charge in [0.25, 0.3) is 0 Å². The molecular weight excluding hydrogens is 407 g/mol. The first-order valence-corrected chi connectivity index (χ1v) is 14.0. The van der Waals surface area contributed by atoms with E-state index >= 15 is 0 Å². The van der Waals surface area contributed by atoms with E-state index in [1.165, 1.54) is 96.3 Å². The Labute approximate surface area is 212 Å². The summed E-state index contributed by atoms with van der Waals surface area (Å²) in [6.45, 7) is 4.94. The van der Waals surface area contributed by atoms with Crippen molar-refractivity contribution in [1.82, 2.24) is 0 Å². The van der Waals surface area contributed by atoms with Gasteiger partial charge in [-0.15, -0.1) is 0 Å². The molecular formula is C24H51NaO4S. The van der Waals surface area contributed by atoms with Crippen molar-refractivity contribution < 1.29 is 47.8 Å². The molecule has 0 saturated carbocycles. The fourth-order valence-corrected chi connectivity index (χ4v) is 4.25. The Balaban J connectivity index is -0.00000392. The number of unbranched alkanes of at least 4 members (excludes halogenated alkanes) is 18. The van der Waals surface area contributed by atoms with Crippen LogP contribution >= 0.6 is 0 Å². The first-order valence-electron chi connectivity index (χ1n) is 12.7. The van der Waals surface area contributed by atoms with E-state index in [1.807, 2.05) is 0 Å². The second-order valence-electron chi connectivity index (χ2n) is 8.42. The molecule has 0 unspecified atom stereocenters. The molecule has 0 aliphatic carbocycles. The van der Waals surface area contributed by atoms with Crippen LogP contribution in [0.2, 0.25) is 0 Å². The zero-order chi connectivity index (χ0) is 21.5. The summed E-state index contributed by atoms with van der Waals surface area (Å²) in [6, 6.07) is 0. The number of rotatable bonds is 24. The number of hydrogen-bond donors (Lipinski definition) is 0. The smallest absolute Gasteiger partial charge is 1.00 e. The fraction of sp³-hybridized carbons (Fsp3) is 1.00. The van der Waals surface area contributed by atoms with Crippen molar-refractivity contribution in [3.63, 3.8) is 0 Å². The summed E-state index contributed by atoms with van der Waals surface area (Å²) < 4.78 is 33.1. The van der Waals surface area contributed by atoms with E-state index in [-0.39, 0.29) is 44.2 Å². The maximum Gasteiger partial charge on any atom is 1.00 e. The van der Waals surface area contributed by atoms with Crippen molar-refractivity contribution >= 4 is 10.4 Å². The molecule has 178 valence electrons. The summed E-state index contributed by atoms with van der Waals surface area (Å²) >= 11 is 0. The van der Waals surface area contributed by atoms with Gasteiger partial charge in [0.1, 0.15) is 0 Å². The Kier molecular flexibility index (Phi) is 28.8. The molecule has 0 spiro atoms. The predicted octanol–water partition coefficient (Wildman–Crippen LogP) is 5.22. The van der Waals surface area contributed by atoms with Crippen LogP contribution in [0.25, 0.3) is 0 Å². The average Bonchev–Trinajstić information content (AvgIpc) is 2.70. The first kappa shape index (κ1) is 33.0. The average molecular weight is 459 g/mol. The maximum absolute atomic E-state index is 11.7. The molecule has 0 aromatic heterocycles. The second kappa shape index (κ2) is 26.1. The third-order valence-electron chi connectivity index (χ3n) is 5.45. The van der Waals surface area contributed by atoms with Crippen LogP contribution in [0.5, 0.6) is 0 Å². The summed E-state index contributed by atoms with van der Waals surface area (Å²) in [5, 5.41) is 0. The summed E-state index contributed by atoms with van der Waals surface area (Å²) in [7, 11) is -3.80.